The lowest BCUT2D eigenvalue weighted by atomic mass is 10.2. The van der Waals surface area contributed by atoms with Crippen LogP contribution in [0.25, 0.3) is 11.0 Å². The molecule has 0 amide bonds. The Labute approximate surface area is 62.4 Å². The number of nitrogen functional groups attached to an aromatic ring is 2. The maximum atomic E-state index is 5.61. The van der Waals surface area contributed by atoms with Gasteiger partial charge in [-0.05, 0) is 12.1 Å². The SMILES string of the molecule is Nc1cc(N)c2[nH]nnc2c1. The van der Waals surface area contributed by atoms with Gasteiger partial charge in [0.2, 0.25) is 0 Å². The Morgan fingerprint density at radius 3 is 2.91 bits per heavy atom. The van der Waals surface area contributed by atoms with Crippen LogP contribution >= 0.6 is 0 Å². The van der Waals surface area contributed by atoms with Gasteiger partial charge in [0.15, 0.2) is 0 Å². The van der Waals surface area contributed by atoms with Crippen LogP contribution in [-0.4, -0.2) is 15.4 Å². The summed E-state index contributed by atoms with van der Waals surface area (Å²) in [5, 5.41) is 10.0. The van der Waals surface area contributed by atoms with Gasteiger partial charge in [0.1, 0.15) is 11.0 Å². The van der Waals surface area contributed by atoms with Crippen molar-refractivity contribution < 1.29 is 0 Å². The van der Waals surface area contributed by atoms with Crippen LogP contribution in [0.3, 0.4) is 0 Å². The smallest absolute Gasteiger partial charge is 0.117 e. The van der Waals surface area contributed by atoms with Gasteiger partial charge in [0.05, 0.1) is 5.69 Å². The highest BCUT2D eigenvalue weighted by Crippen LogP contribution is 2.19. The zero-order chi connectivity index (χ0) is 7.84. The molecule has 0 radical (unpaired) electrons. The normalized spacial score (nSPS) is 10.5. The van der Waals surface area contributed by atoms with Crippen molar-refractivity contribution in [3.8, 4) is 0 Å². The summed E-state index contributed by atoms with van der Waals surface area (Å²) in [6, 6.07) is 3.39. The number of H-pyrrole nitrogens is 1. The van der Waals surface area contributed by atoms with Crippen molar-refractivity contribution in [2.45, 2.75) is 0 Å². The van der Waals surface area contributed by atoms with E-state index in [2.05, 4.69) is 15.4 Å². The third kappa shape index (κ3) is 0.778. The lowest BCUT2D eigenvalue weighted by Gasteiger charge is -1.95. The van der Waals surface area contributed by atoms with Crippen molar-refractivity contribution in [3.05, 3.63) is 12.1 Å². The van der Waals surface area contributed by atoms with Gasteiger partial charge in [0, 0.05) is 5.69 Å². The molecule has 1 aromatic carbocycles. The summed E-state index contributed by atoms with van der Waals surface area (Å²) in [7, 11) is 0. The first-order valence-corrected chi connectivity index (χ1v) is 3.13. The number of rotatable bonds is 0. The van der Waals surface area contributed by atoms with E-state index in [9.17, 15) is 0 Å². The van der Waals surface area contributed by atoms with Crippen LogP contribution in [0.5, 0.6) is 0 Å². The zero-order valence-electron chi connectivity index (χ0n) is 5.70. The molecule has 5 N–H and O–H groups in total. The van der Waals surface area contributed by atoms with E-state index in [1.807, 2.05) is 0 Å². The summed E-state index contributed by atoms with van der Waals surface area (Å²) >= 11 is 0. The topological polar surface area (TPSA) is 93.6 Å². The van der Waals surface area contributed by atoms with E-state index in [-0.39, 0.29) is 0 Å². The fourth-order valence-corrected chi connectivity index (χ4v) is 1.00. The fourth-order valence-electron chi connectivity index (χ4n) is 1.00. The zero-order valence-corrected chi connectivity index (χ0v) is 5.70. The molecule has 0 aliphatic rings. The number of fused-ring (bicyclic) bond motifs is 1. The second kappa shape index (κ2) is 1.85. The third-order valence-electron chi connectivity index (χ3n) is 1.49. The van der Waals surface area contributed by atoms with Gasteiger partial charge in [-0.2, -0.15) is 0 Å². The molecule has 0 spiro atoms. The highest BCUT2D eigenvalue weighted by atomic mass is 15.3. The van der Waals surface area contributed by atoms with E-state index >= 15 is 0 Å². The molecule has 0 aliphatic carbocycles. The molecule has 0 saturated carbocycles. The first-order valence-electron chi connectivity index (χ1n) is 3.13. The Hall–Kier alpha value is -1.78. The van der Waals surface area contributed by atoms with E-state index in [4.69, 9.17) is 11.5 Å². The minimum Gasteiger partial charge on any atom is -0.399 e. The van der Waals surface area contributed by atoms with Crippen molar-refractivity contribution in [1.82, 2.24) is 15.4 Å². The summed E-state index contributed by atoms with van der Waals surface area (Å²) in [6.45, 7) is 0. The molecule has 5 nitrogen and oxygen atoms in total. The molecule has 2 rings (SSSR count). The van der Waals surface area contributed by atoms with Crippen LogP contribution < -0.4 is 11.5 Å². The van der Waals surface area contributed by atoms with Crippen molar-refractivity contribution in [3.63, 3.8) is 0 Å². The largest absolute Gasteiger partial charge is 0.399 e. The molecule has 1 heterocycles. The second-order valence-corrected chi connectivity index (χ2v) is 2.32. The third-order valence-corrected chi connectivity index (χ3v) is 1.49. The lowest BCUT2D eigenvalue weighted by molar-refractivity contribution is 0.960. The monoisotopic (exact) mass is 149 g/mol. The number of anilines is 2. The van der Waals surface area contributed by atoms with Gasteiger partial charge in [-0.25, -0.2) is 0 Å². The number of hydrogen-bond donors (Lipinski definition) is 3. The number of nitrogens with one attached hydrogen (secondary N) is 1. The van der Waals surface area contributed by atoms with E-state index < -0.39 is 0 Å². The van der Waals surface area contributed by atoms with Crippen molar-refractivity contribution >= 4 is 22.4 Å². The first-order chi connectivity index (χ1) is 5.27. The predicted octanol–water partition coefficient (Wildman–Crippen LogP) is 0.122. The Kier molecular flexibility index (Phi) is 1.00. The van der Waals surface area contributed by atoms with Crippen molar-refractivity contribution in [2.75, 3.05) is 11.5 Å². The molecular weight excluding hydrogens is 142 g/mol. The number of benzene rings is 1. The highest BCUT2D eigenvalue weighted by Gasteiger charge is 2.01. The summed E-state index contributed by atoms with van der Waals surface area (Å²) in [5.74, 6) is 0. The molecule has 0 bridgehead atoms. The lowest BCUT2D eigenvalue weighted by Crippen LogP contribution is -1.90. The second-order valence-electron chi connectivity index (χ2n) is 2.32. The quantitative estimate of drug-likeness (QED) is 0.464. The highest BCUT2D eigenvalue weighted by molar-refractivity contribution is 5.89. The molecule has 2 aromatic rings. The van der Waals surface area contributed by atoms with Gasteiger partial charge in [-0.3, -0.25) is 5.10 Å². The molecule has 0 fully saturated rings. The van der Waals surface area contributed by atoms with Crippen molar-refractivity contribution in [2.24, 2.45) is 0 Å². The van der Waals surface area contributed by atoms with E-state index in [1.54, 1.807) is 12.1 Å². The molecular formula is C6H7N5. The van der Waals surface area contributed by atoms with Crippen molar-refractivity contribution in [1.29, 1.82) is 0 Å². The molecule has 11 heavy (non-hydrogen) atoms. The molecule has 1 aromatic heterocycles. The predicted molar refractivity (Wildman–Crippen MR) is 42.7 cm³/mol. The summed E-state index contributed by atoms with van der Waals surface area (Å²) < 4.78 is 0. The maximum Gasteiger partial charge on any atom is 0.117 e. The Morgan fingerprint density at radius 1 is 1.27 bits per heavy atom. The summed E-state index contributed by atoms with van der Waals surface area (Å²) in [5.41, 5.74) is 13.7. The van der Waals surface area contributed by atoms with Crippen LogP contribution in [0.2, 0.25) is 0 Å². The number of aromatic amines is 1. The number of nitrogens with two attached hydrogens (primary N) is 2. The minimum atomic E-state index is 0.574. The Morgan fingerprint density at radius 2 is 2.09 bits per heavy atom. The van der Waals surface area contributed by atoms with Gasteiger partial charge in [-0.1, -0.05) is 5.21 Å². The summed E-state index contributed by atoms with van der Waals surface area (Å²) in [4.78, 5) is 0. The molecule has 0 aliphatic heterocycles. The average molecular weight is 149 g/mol. The van der Waals surface area contributed by atoms with Crippen LogP contribution in [0.4, 0.5) is 11.4 Å². The first kappa shape index (κ1) is 5.96. The fraction of sp³-hybridized carbons (Fsp3) is 0. The van der Waals surface area contributed by atoms with Gasteiger partial charge < -0.3 is 11.5 Å². The number of nitrogens with zero attached hydrogens (tertiary/aromatic N) is 2. The summed E-state index contributed by atoms with van der Waals surface area (Å²) in [6.07, 6.45) is 0. The standard InChI is InChI=1S/C6H7N5/c7-3-1-4(8)6-5(2-3)9-11-10-6/h1-2H,7-8H2,(H,9,10,11). The number of aromatic nitrogens is 3. The Bertz CT molecular complexity index is 391. The van der Waals surface area contributed by atoms with Gasteiger partial charge in [0.25, 0.3) is 0 Å². The van der Waals surface area contributed by atoms with E-state index in [0.717, 1.165) is 5.52 Å². The Balaban J connectivity index is 2.91. The minimum absolute atomic E-state index is 0.574. The average Bonchev–Trinajstić information content (AvgIpc) is 2.34. The van der Waals surface area contributed by atoms with Crippen LogP contribution in [-0.2, 0) is 0 Å². The van der Waals surface area contributed by atoms with Crippen LogP contribution in [0.1, 0.15) is 0 Å². The molecule has 0 atom stereocenters. The molecule has 0 saturated heterocycles. The molecule has 0 unspecified atom stereocenters. The van der Waals surface area contributed by atoms with Crippen LogP contribution in [0.15, 0.2) is 12.1 Å². The molecule has 56 valence electrons. The molecule has 5 heteroatoms. The van der Waals surface area contributed by atoms with Gasteiger partial charge in [-0.15, -0.1) is 5.10 Å². The van der Waals surface area contributed by atoms with Crippen LogP contribution in [0, 0.1) is 0 Å². The van der Waals surface area contributed by atoms with E-state index in [0.29, 0.717) is 16.9 Å². The number of hydrogen-bond acceptors (Lipinski definition) is 4. The van der Waals surface area contributed by atoms with Gasteiger partial charge >= 0.3 is 0 Å². The maximum absolute atomic E-state index is 5.61. The van der Waals surface area contributed by atoms with E-state index in [1.165, 1.54) is 0 Å².